The van der Waals surface area contributed by atoms with E-state index in [1.807, 2.05) is 6.08 Å². The van der Waals surface area contributed by atoms with Crippen LogP contribution >= 0.6 is 0 Å². The van der Waals surface area contributed by atoms with Crippen LogP contribution in [0.15, 0.2) is 30.4 Å². The fourth-order valence-corrected chi connectivity index (χ4v) is 9.11. The molecule has 1 aromatic carbocycles. The third-order valence-corrected chi connectivity index (χ3v) is 12.9. The van der Waals surface area contributed by atoms with Crippen molar-refractivity contribution in [1.29, 1.82) is 0 Å². The highest BCUT2D eigenvalue weighted by Gasteiger charge is 2.62. The fraction of sp³-hybridized carbons (Fsp3) is 0.622. The van der Waals surface area contributed by atoms with Gasteiger partial charge in [-0.05, 0) is 76.3 Å². The van der Waals surface area contributed by atoms with Gasteiger partial charge in [-0.3, -0.25) is 19.1 Å². The van der Waals surface area contributed by atoms with Crippen LogP contribution in [0.5, 0.6) is 11.6 Å². The maximum absolute atomic E-state index is 14.5. The van der Waals surface area contributed by atoms with Gasteiger partial charge in [0.25, 0.3) is 5.91 Å². The van der Waals surface area contributed by atoms with Crippen LogP contribution in [0.3, 0.4) is 0 Å². The summed E-state index contributed by atoms with van der Waals surface area (Å²) >= 11 is 0. The molecule has 15 nitrogen and oxygen atoms in total. The van der Waals surface area contributed by atoms with E-state index in [0.29, 0.717) is 57.1 Å². The zero-order valence-corrected chi connectivity index (χ0v) is 31.6. The molecule has 0 radical (unpaired) electrons. The number of hydrogen-bond acceptors (Lipinski definition) is 11. The van der Waals surface area contributed by atoms with Gasteiger partial charge in [0, 0.05) is 18.4 Å². The second-order valence-electron chi connectivity index (χ2n) is 15.2. The summed E-state index contributed by atoms with van der Waals surface area (Å²) in [6.07, 6.45) is 2.76. The Hall–Kier alpha value is -4.68. The molecule has 0 bridgehead atoms. The summed E-state index contributed by atoms with van der Waals surface area (Å²) in [5, 5.41) is 4.69. The third kappa shape index (κ3) is 8.66. The Balaban J connectivity index is 1.20. The summed E-state index contributed by atoms with van der Waals surface area (Å²) in [7, 11) is -2.61. The number of benzene rings is 1. The van der Waals surface area contributed by atoms with Crippen LogP contribution in [0.25, 0.3) is 11.0 Å². The molecule has 4 amide bonds. The number of sulfonamides is 1. The van der Waals surface area contributed by atoms with Crippen molar-refractivity contribution in [3.63, 3.8) is 0 Å². The molecule has 19 heteroatoms. The van der Waals surface area contributed by atoms with Gasteiger partial charge in [0.2, 0.25) is 33.4 Å². The quantitative estimate of drug-likeness (QED) is 0.326. The van der Waals surface area contributed by atoms with Crippen LogP contribution in [0, 0.1) is 5.92 Å². The summed E-state index contributed by atoms with van der Waals surface area (Å²) in [6.45, 7) is -0.388. The number of methoxy groups -OCH3 is 1. The fourth-order valence-electron chi connectivity index (χ4n) is 7.75. The molecule has 0 unspecified atom stereocenters. The lowest BCUT2D eigenvalue weighted by Gasteiger charge is -2.30. The first-order valence-electron chi connectivity index (χ1n) is 19.1. The van der Waals surface area contributed by atoms with E-state index in [1.165, 1.54) is 25.3 Å². The maximum atomic E-state index is 14.5. The lowest BCUT2D eigenvalue weighted by Crippen LogP contribution is -2.58. The number of halogens is 3. The molecular weight excluding hydrogens is 762 g/mol. The Labute approximate surface area is 321 Å². The molecule has 1 saturated heterocycles. The number of rotatable bonds is 8. The molecule has 5 aliphatic rings. The number of nitrogens with zero attached hydrogens (tertiary/aromatic N) is 3. The van der Waals surface area contributed by atoms with Crippen molar-refractivity contribution in [3.8, 4) is 11.6 Å². The molecule has 3 aliphatic carbocycles. The Morgan fingerprint density at radius 1 is 0.982 bits per heavy atom. The van der Waals surface area contributed by atoms with Gasteiger partial charge in [-0.2, -0.15) is 13.2 Å². The highest BCUT2D eigenvalue weighted by molar-refractivity contribution is 7.91. The predicted octanol–water partition coefficient (Wildman–Crippen LogP) is 4.05. The second-order valence-corrected chi connectivity index (χ2v) is 17.2. The molecule has 0 spiro atoms. The molecular formula is C37H45F3N6O9S. The number of nitrogens with one attached hydrogen (secondary N) is 3. The van der Waals surface area contributed by atoms with Crippen LogP contribution in [-0.2, 0) is 35.3 Å². The molecule has 2 aromatic rings. The van der Waals surface area contributed by atoms with Crippen molar-refractivity contribution in [1.82, 2.24) is 30.2 Å². The summed E-state index contributed by atoms with van der Waals surface area (Å²) in [5.41, 5.74) is -3.10. The minimum Gasteiger partial charge on any atom is -0.497 e. The maximum Gasteiger partial charge on any atom is 0.438 e. The van der Waals surface area contributed by atoms with Gasteiger partial charge in [0.05, 0.1) is 29.9 Å². The van der Waals surface area contributed by atoms with Crippen LogP contribution in [-0.4, -0.2) is 95.8 Å². The molecule has 7 rings (SSSR count). The molecule has 4 fully saturated rings. The zero-order valence-electron chi connectivity index (χ0n) is 30.8. The average molecular weight is 807 g/mol. The Kier molecular flexibility index (Phi) is 11.1. The predicted molar refractivity (Wildman–Crippen MR) is 193 cm³/mol. The van der Waals surface area contributed by atoms with Crippen LogP contribution in [0.1, 0.15) is 89.2 Å². The SMILES string of the molecule is COc1ccc2nc(C(F)(F)F)c(O[C@@H]3C[C@H]4C(=O)N[C@]5(C(=O)NS(=O)(=O)C6CC6)C[C@@H]5/C=C\CCCCC[C@H](NC(=O)OC5CCCC5)C(=O)N4C3)nc2c1. The van der Waals surface area contributed by atoms with Gasteiger partial charge in [-0.1, -0.05) is 25.0 Å². The zero-order chi connectivity index (χ0) is 39.8. The average Bonchev–Trinajstić information content (AvgIpc) is 4.02. The van der Waals surface area contributed by atoms with Crippen molar-refractivity contribution in [3.05, 3.63) is 36.0 Å². The molecule has 5 atom stereocenters. The van der Waals surface area contributed by atoms with Gasteiger partial charge in [0.15, 0.2) is 0 Å². The van der Waals surface area contributed by atoms with Crippen LogP contribution < -0.4 is 24.8 Å². The molecule has 56 heavy (non-hydrogen) atoms. The number of hydrogen-bond donors (Lipinski definition) is 3. The van der Waals surface area contributed by atoms with Crippen molar-refractivity contribution >= 4 is 44.9 Å². The van der Waals surface area contributed by atoms with Crippen LogP contribution in [0.4, 0.5) is 18.0 Å². The molecule has 2 aliphatic heterocycles. The van der Waals surface area contributed by atoms with Gasteiger partial charge in [0.1, 0.15) is 35.6 Å². The third-order valence-electron chi connectivity index (χ3n) is 11.1. The van der Waals surface area contributed by atoms with E-state index in [1.54, 1.807) is 6.08 Å². The van der Waals surface area contributed by atoms with Gasteiger partial charge in [-0.25, -0.2) is 23.2 Å². The Morgan fingerprint density at radius 2 is 1.73 bits per heavy atom. The Morgan fingerprint density at radius 3 is 2.45 bits per heavy atom. The lowest BCUT2D eigenvalue weighted by atomic mass is 10.0. The molecule has 3 saturated carbocycles. The molecule has 3 heterocycles. The second kappa shape index (κ2) is 15.7. The standard InChI is InChI=1S/C37H45F3N6O9S/c1-53-23-13-16-26-28(17-23)42-32(30(41-26)37(38,39)40)54-24-18-29-31(47)44-36(34(49)45-56(51,52)25-14-15-25)19-21(36)9-5-3-2-4-6-12-27(33(48)46(29)20-24)43-35(50)55-22-10-7-8-11-22/h5,9,13,16-17,21-22,24-25,27,29H,2-4,6-8,10-12,14-15,18-20H2,1H3,(H,43,50)(H,44,47)(H,45,49)/b9-5-/t21-,24+,27-,29-,36+/m0/s1. The van der Waals surface area contributed by atoms with E-state index in [9.17, 15) is 40.8 Å². The highest BCUT2D eigenvalue weighted by atomic mass is 32.2. The number of ether oxygens (including phenoxy) is 3. The number of aromatic nitrogens is 2. The minimum atomic E-state index is -4.99. The van der Waals surface area contributed by atoms with E-state index in [0.717, 1.165) is 17.7 Å². The topological polar surface area (TPSA) is 195 Å². The summed E-state index contributed by atoms with van der Waals surface area (Å²) in [4.78, 5) is 64.5. The highest BCUT2D eigenvalue weighted by Crippen LogP contribution is 2.46. The van der Waals surface area contributed by atoms with Crippen molar-refractivity contribution < 1.29 is 55.0 Å². The number of allylic oxidation sites excluding steroid dienone is 1. The van der Waals surface area contributed by atoms with E-state index < -0.39 is 86.5 Å². The Bertz CT molecular complexity index is 2010. The largest absolute Gasteiger partial charge is 0.497 e. The number of carbonyl (C=O) groups is 4. The van der Waals surface area contributed by atoms with Gasteiger partial charge < -0.3 is 29.7 Å². The number of alkyl halides is 3. The smallest absolute Gasteiger partial charge is 0.438 e. The summed E-state index contributed by atoms with van der Waals surface area (Å²) in [5.74, 6) is -3.56. The first-order chi connectivity index (χ1) is 26.7. The number of carbonyl (C=O) groups excluding carboxylic acids is 4. The van der Waals surface area contributed by atoms with Crippen molar-refractivity contribution in [2.75, 3.05) is 13.7 Å². The van der Waals surface area contributed by atoms with E-state index >= 15 is 0 Å². The summed E-state index contributed by atoms with van der Waals surface area (Å²) in [6, 6.07) is 1.59. The van der Waals surface area contributed by atoms with E-state index in [-0.39, 0.29) is 42.9 Å². The van der Waals surface area contributed by atoms with Gasteiger partial charge in [-0.15, -0.1) is 0 Å². The number of alkyl carbamates (subject to hydrolysis) is 1. The lowest BCUT2D eigenvalue weighted by molar-refractivity contribution is -0.143. The van der Waals surface area contributed by atoms with E-state index in [4.69, 9.17) is 14.2 Å². The van der Waals surface area contributed by atoms with Gasteiger partial charge >= 0.3 is 12.3 Å². The van der Waals surface area contributed by atoms with Crippen molar-refractivity contribution in [2.45, 2.75) is 125 Å². The van der Waals surface area contributed by atoms with Crippen LogP contribution in [0.2, 0.25) is 0 Å². The molecule has 1 aromatic heterocycles. The first-order valence-corrected chi connectivity index (χ1v) is 20.6. The summed E-state index contributed by atoms with van der Waals surface area (Å²) < 4.78 is 87.5. The first kappa shape index (κ1) is 39.6. The normalized spacial score (nSPS) is 28.2. The monoisotopic (exact) mass is 806 g/mol. The number of fused-ring (bicyclic) bond motifs is 3. The minimum absolute atomic E-state index is 0.0426. The number of amides is 4. The molecule has 304 valence electrons. The molecule has 3 N–H and O–H groups in total. The van der Waals surface area contributed by atoms with Crippen molar-refractivity contribution in [2.24, 2.45) is 5.92 Å². The van der Waals surface area contributed by atoms with E-state index in [2.05, 4.69) is 25.3 Å².